The second-order valence-corrected chi connectivity index (χ2v) is 5.47. The van der Waals surface area contributed by atoms with Crippen molar-refractivity contribution in [2.24, 2.45) is 5.41 Å². The molecule has 100 valence electrons. The van der Waals surface area contributed by atoms with Crippen LogP contribution in [0.2, 0.25) is 0 Å². The molecular weight excluding hydrogens is 248 g/mol. The van der Waals surface area contributed by atoms with Crippen LogP contribution in [0.3, 0.4) is 0 Å². The first-order valence-electron chi connectivity index (χ1n) is 5.63. The maximum atomic E-state index is 14.0. The molecule has 5 heteroatoms. The van der Waals surface area contributed by atoms with Crippen molar-refractivity contribution < 1.29 is 22.7 Å². The van der Waals surface area contributed by atoms with Gasteiger partial charge in [0.15, 0.2) is 0 Å². The van der Waals surface area contributed by atoms with E-state index in [1.165, 1.54) is 12.1 Å². The SMILES string of the molecule is CC1(C)CC1(CO)c1cccc(C(F)(F)F)c1F. The van der Waals surface area contributed by atoms with Gasteiger partial charge in [-0.25, -0.2) is 4.39 Å². The van der Waals surface area contributed by atoms with E-state index >= 15 is 0 Å². The fraction of sp³-hybridized carbons (Fsp3) is 0.538. The number of hydrogen-bond donors (Lipinski definition) is 1. The Bertz CT molecular complexity index is 478. The fourth-order valence-electron chi connectivity index (χ4n) is 2.65. The zero-order chi connectivity index (χ0) is 13.8. The van der Waals surface area contributed by atoms with Gasteiger partial charge in [0, 0.05) is 5.41 Å². The Labute approximate surface area is 102 Å². The molecule has 1 nitrogen and oxygen atoms in total. The van der Waals surface area contributed by atoms with Crippen LogP contribution in [-0.2, 0) is 11.6 Å². The second kappa shape index (κ2) is 3.70. The zero-order valence-corrected chi connectivity index (χ0v) is 10.1. The molecule has 2 rings (SSSR count). The summed E-state index contributed by atoms with van der Waals surface area (Å²) in [5, 5.41) is 9.42. The van der Waals surface area contributed by atoms with Crippen LogP contribution in [0, 0.1) is 11.2 Å². The highest BCUT2D eigenvalue weighted by atomic mass is 19.4. The van der Waals surface area contributed by atoms with Crippen molar-refractivity contribution in [2.45, 2.75) is 31.9 Å². The molecule has 18 heavy (non-hydrogen) atoms. The van der Waals surface area contributed by atoms with Gasteiger partial charge in [-0.2, -0.15) is 13.2 Å². The monoisotopic (exact) mass is 262 g/mol. The minimum absolute atomic E-state index is 0.0372. The molecule has 0 amide bonds. The second-order valence-electron chi connectivity index (χ2n) is 5.47. The van der Waals surface area contributed by atoms with E-state index in [-0.39, 0.29) is 17.6 Å². The Kier molecular flexibility index (Phi) is 2.74. The highest BCUT2D eigenvalue weighted by molar-refractivity contribution is 5.41. The molecule has 1 aromatic carbocycles. The van der Waals surface area contributed by atoms with Crippen LogP contribution in [0.4, 0.5) is 17.6 Å². The molecule has 1 N–H and O–H groups in total. The summed E-state index contributed by atoms with van der Waals surface area (Å²) in [5.41, 5.74) is -2.58. The molecule has 1 fully saturated rings. The van der Waals surface area contributed by atoms with Crippen molar-refractivity contribution in [3.63, 3.8) is 0 Å². The van der Waals surface area contributed by atoms with E-state index in [0.29, 0.717) is 6.42 Å². The molecule has 0 aromatic heterocycles. The number of halogens is 4. The van der Waals surface area contributed by atoms with E-state index in [1.54, 1.807) is 0 Å². The topological polar surface area (TPSA) is 20.2 Å². The summed E-state index contributed by atoms with van der Waals surface area (Å²) in [7, 11) is 0. The van der Waals surface area contributed by atoms with Gasteiger partial charge in [0.2, 0.25) is 0 Å². The molecule has 1 atom stereocenters. The van der Waals surface area contributed by atoms with E-state index in [2.05, 4.69) is 0 Å². The van der Waals surface area contributed by atoms with Gasteiger partial charge in [0.25, 0.3) is 0 Å². The van der Waals surface area contributed by atoms with Gasteiger partial charge in [-0.1, -0.05) is 26.0 Å². The maximum absolute atomic E-state index is 14.0. The summed E-state index contributed by atoms with van der Waals surface area (Å²) >= 11 is 0. The predicted molar refractivity (Wildman–Crippen MR) is 58.6 cm³/mol. The average molecular weight is 262 g/mol. The minimum Gasteiger partial charge on any atom is -0.395 e. The van der Waals surface area contributed by atoms with E-state index in [4.69, 9.17) is 0 Å². The fourth-order valence-corrected chi connectivity index (χ4v) is 2.65. The molecule has 1 aliphatic carbocycles. The molecule has 1 saturated carbocycles. The Hall–Kier alpha value is -1.10. The van der Waals surface area contributed by atoms with Crippen LogP contribution in [0.5, 0.6) is 0 Å². The summed E-state index contributed by atoms with van der Waals surface area (Å²) in [6.45, 7) is 3.27. The predicted octanol–water partition coefficient (Wildman–Crippen LogP) is 3.50. The number of hydrogen-bond acceptors (Lipinski definition) is 1. The number of aliphatic hydroxyl groups is 1. The summed E-state index contributed by atoms with van der Waals surface area (Å²) in [6.07, 6.45) is -4.23. The number of alkyl halides is 3. The third kappa shape index (κ3) is 1.72. The number of benzene rings is 1. The van der Waals surface area contributed by atoms with E-state index in [1.807, 2.05) is 13.8 Å². The zero-order valence-electron chi connectivity index (χ0n) is 10.1. The third-order valence-corrected chi connectivity index (χ3v) is 4.00. The lowest BCUT2D eigenvalue weighted by Gasteiger charge is -2.21. The first-order valence-corrected chi connectivity index (χ1v) is 5.63. The molecule has 1 unspecified atom stereocenters. The first kappa shape index (κ1) is 13.3. The Morgan fingerprint density at radius 2 is 1.83 bits per heavy atom. The van der Waals surface area contributed by atoms with Crippen molar-refractivity contribution in [1.82, 2.24) is 0 Å². The van der Waals surface area contributed by atoms with Crippen LogP contribution in [0.1, 0.15) is 31.4 Å². The Morgan fingerprint density at radius 1 is 1.28 bits per heavy atom. The van der Waals surface area contributed by atoms with Crippen LogP contribution in [0.15, 0.2) is 18.2 Å². The van der Waals surface area contributed by atoms with Gasteiger partial charge < -0.3 is 5.11 Å². The van der Waals surface area contributed by atoms with Gasteiger partial charge in [-0.15, -0.1) is 0 Å². The Balaban J connectivity index is 2.55. The Morgan fingerprint density at radius 3 is 2.22 bits per heavy atom. The van der Waals surface area contributed by atoms with E-state index < -0.39 is 23.0 Å². The summed E-state index contributed by atoms with van der Waals surface area (Å²) in [5.74, 6) is -1.26. The van der Waals surface area contributed by atoms with Crippen molar-refractivity contribution in [3.05, 3.63) is 35.1 Å². The molecule has 1 aromatic rings. The summed E-state index contributed by atoms with van der Waals surface area (Å²) < 4.78 is 51.9. The van der Waals surface area contributed by atoms with Crippen molar-refractivity contribution >= 4 is 0 Å². The van der Waals surface area contributed by atoms with E-state index in [9.17, 15) is 22.7 Å². The van der Waals surface area contributed by atoms with Gasteiger partial charge in [0.05, 0.1) is 12.2 Å². The molecule has 0 bridgehead atoms. The van der Waals surface area contributed by atoms with E-state index in [0.717, 1.165) is 6.07 Å². The quantitative estimate of drug-likeness (QED) is 0.809. The van der Waals surface area contributed by atoms with Crippen molar-refractivity contribution in [1.29, 1.82) is 0 Å². The maximum Gasteiger partial charge on any atom is 0.419 e. The van der Waals surface area contributed by atoms with Crippen molar-refractivity contribution in [3.8, 4) is 0 Å². The van der Waals surface area contributed by atoms with Gasteiger partial charge >= 0.3 is 6.18 Å². The van der Waals surface area contributed by atoms with Gasteiger partial charge in [-0.05, 0) is 23.5 Å². The molecule has 1 aliphatic rings. The van der Waals surface area contributed by atoms with Gasteiger partial charge in [0.1, 0.15) is 5.82 Å². The van der Waals surface area contributed by atoms with Crippen LogP contribution >= 0.6 is 0 Å². The van der Waals surface area contributed by atoms with Crippen LogP contribution in [0.25, 0.3) is 0 Å². The molecule has 0 spiro atoms. The standard InChI is InChI=1S/C13H14F4O/c1-11(2)6-12(11,7-18)8-4-3-5-9(10(8)14)13(15,16)17/h3-5,18H,6-7H2,1-2H3. The third-order valence-electron chi connectivity index (χ3n) is 4.00. The average Bonchev–Trinajstić information content (AvgIpc) is 2.80. The first-order chi connectivity index (χ1) is 8.16. The smallest absolute Gasteiger partial charge is 0.395 e. The highest BCUT2D eigenvalue weighted by Gasteiger charge is 2.63. The van der Waals surface area contributed by atoms with Gasteiger partial charge in [-0.3, -0.25) is 0 Å². The normalized spacial score (nSPS) is 26.2. The molecule has 0 aliphatic heterocycles. The lowest BCUT2D eigenvalue weighted by atomic mass is 9.87. The largest absolute Gasteiger partial charge is 0.419 e. The lowest BCUT2D eigenvalue weighted by molar-refractivity contribution is -0.140. The summed E-state index contributed by atoms with van der Waals surface area (Å²) in [4.78, 5) is 0. The summed E-state index contributed by atoms with van der Waals surface area (Å²) in [6, 6.07) is 3.24. The molecule has 0 radical (unpaired) electrons. The number of aliphatic hydroxyl groups excluding tert-OH is 1. The number of rotatable bonds is 2. The molecular formula is C13H14F4O. The highest BCUT2D eigenvalue weighted by Crippen LogP contribution is 2.64. The molecule has 0 heterocycles. The van der Waals surface area contributed by atoms with Crippen molar-refractivity contribution in [2.75, 3.05) is 6.61 Å². The molecule has 0 saturated heterocycles. The van der Waals surface area contributed by atoms with Crippen LogP contribution in [-0.4, -0.2) is 11.7 Å². The lowest BCUT2D eigenvalue weighted by Crippen LogP contribution is -2.22. The minimum atomic E-state index is -4.71. The van der Waals surface area contributed by atoms with Crippen LogP contribution < -0.4 is 0 Å².